The zero-order chi connectivity index (χ0) is 24.5. The molecule has 0 bridgehead atoms. The van der Waals surface area contributed by atoms with Crippen LogP contribution in [-0.4, -0.2) is 72.2 Å². The second kappa shape index (κ2) is 10.4. The number of β-amino-alcohol motifs (C(OH)–C–C–N with tert-alkyl or cyclic N) is 1. The highest BCUT2D eigenvalue weighted by atomic mass is 127. The van der Waals surface area contributed by atoms with Crippen molar-refractivity contribution in [2.45, 2.75) is 30.9 Å². The Kier molecular flexibility index (Phi) is 7.70. The molecule has 2 aromatic rings. The molecule has 10 heteroatoms. The lowest BCUT2D eigenvalue weighted by atomic mass is 9.92. The molecule has 3 N–H and O–H groups in total. The second-order valence-electron chi connectivity index (χ2n) is 9.16. The summed E-state index contributed by atoms with van der Waals surface area (Å²) in [6.07, 6.45) is 3.38. The van der Waals surface area contributed by atoms with Gasteiger partial charge in [0.25, 0.3) is 5.91 Å². The molecule has 0 radical (unpaired) electrons. The zero-order valence-electron chi connectivity index (χ0n) is 18.9. The van der Waals surface area contributed by atoms with Gasteiger partial charge in [0.1, 0.15) is 11.4 Å². The van der Waals surface area contributed by atoms with Crippen LogP contribution in [0.2, 0.25) is 0 Å². The van der Waals surface area contributed by atoms with E-state index >= 15 is 0 Å². The summed E-state index contributed by atoms with van der Waals surface area (Å²) in [6, 6.07) is 6.84. The highest BCUT2D eigenvalue weighted by Gasteiger charge is 2.44. The van der Waals surface area contributed by atoms with Gasteiger partial charge in [-0.25, -0.2) is 13.2 Å². The van der Waals surface area contributed by atoms with Crippen LogP contribution in [0.1, 0.15) is 29.6 Å². The lowest BCUT2D eigenvalue weighted by Gasteiger charge is -2.46. The molecule has 2 aliphatic heterocycles. The first kappa shape index (κ1) is 25.2. The van der Waals surface area contributed by atoms with Gasteiger partial charge in [-0.2, -0.15) is 0 Å². The normalized spacial score (nSPS) is 19.8. The number of nitrogens with one attached hydrogen (secondary N) is 2. The number of benzene rings is 2. The Morgan fingerprint density at radius 2 is 1.97 bits per heavy atom. The molecule has 184 valence electrons. The number of hydrogen-bond acceptors (Lipinski definition) is 5. The number of rotatable bonds is 8. The summed E-state index contributed by atoms with van der Waals surface area (Å²) in [4.78, 5) is 16.7. The van der Waals surface area contributed by atoms with Gasteiger partial charge in [-0.15, -0.1) is 0 Å². The average molecular weight is 588 g/mol. The molecule has 0 spiro atoms. The van der Waals surface area contributed by atoms with Crippen LogP contribution in [0, 0.1) is 21.0 Å². The molecule has 1 unspecified atom stereocenters. The fraction of sp³-hybridized carbons (Fsp3) is 0.458. The standard InChI is InChI=1S/C24H28F3IN4O2/c1-31-10-2-3-16(31)8-9-29-12-24(34)13-32(14-24)23(33)17-5-6-18(25)21(27)22(17)30-20-7-4-15(28)11-19(20)26/h4-7,11,16,29-30,34H,2-3,8-10,12-14H2,1H3. The van der Waals surface area contributed by atoms with Gasteiger partial charge in [-0.1, -0.05) is 0 Å². The van der Waals surface area contributed by atoms with Gasteiger partial charge in [0.05, 0.1) is 30.0 Å². The fourth-order valence-electron chi connectivity index (χ4n) is 4.60. The van der Waals surface area contributed by atoms with Crippen molar-refractivity contribution in [2.24, 2.45) is 0 Å². The lowest BCUT2D eigenvalue weighted by molar-refractivity contribution is -0.0785. The van der Waals surface area contributed by atoms with E-state index in [2.05, 4.69) is 22.6 Å². The summed E-state index contributed by atoms with van der Waals surface area (Å²) < 4.78 is 43.5. The number of aliphatic hydroxyl groups is 1. The minimum atomic E-state index is -1.27. The average Bonchev–Trinajstić information content (AvgIpc) is 3.18. The van der Waals surface area contributed by atoms with Crippen LogP contribution in [0.25, 0.3) is 0 Å². The first-order valence-corrected chi connectivity index (χ1v) is 12.4. The van der Waals surface area contributed by atoms with Gasteiger partial charge in [0.2, 0.25) is 0 Å². The van der Waals surface area contributed by atoms with Crippen molar-refractivity contribution in [2.75, 3.05) is 45.1 Å². The Morgan fingerprint density at radius 3 is 2.65 bits per heavy atom. The van der Waals surface area contributed by atoms with Gasteiger partial charge < -0.3 is 25.5 Å². The van der Waals surface area contributed by atoms with Crippen molar-refractivity contribution in [1.82, 2.24) is 15.1 Å². The zero-order valence-corrected chi connectivity index (χ0v) is 21.0. The number of likely N-dealkylation sites (tertiary alicyclic amines) is 2. The largest absolute Gasteiger partial charge is 0.385 e. The molecule has 2 heterocycles. The van der Waals surface area contributed by atoms with Gasteiger partial charge in [-0.3, -0.25) is 4.79 Å². The van der Waals surface area contributed by atoms with Crippen molar-refractivity contribution >= 4 is 39.9 Å². The Labute approximate surface area is 210 Å². The van der Waals surface area contributed by atoms with Crippen LogP contribution in [0.3, 0.4) is 0 Å². The summed E-state index contributed by atoms with van der Waals surface area (Å²) in [5.74, 6) is -3.63. The molecule has 2 aromatic carbocycles. The van der Waals surface area contributed by atoms with Crippen LogP contribution in [-0.2, 0) is 0 Å². The van der Waals surface area contributed by atoms with E-state index in [4.69, 9.17) is 0 Å². The molecular formula is C24H28F3IN4O2. The maximum absolute atomic E-state index is 14.6. The van der Waals surface area contributed by atoms with E-state index in [9.17, 15) is 23.1 Å². The van der Waals surface area contributed by atoms with Gasteiger partial charge in [0, 0.05) is 16.2 Å². The van der Waals surface area contributed by atoms with E-state index < -0.39 is 34.6 Å². The van der Waals surface area contributed by atoms with E-state index in [1.165, 1.54) is 35.9 Å². The molecule has 0 aromatic heterocycles. The van der Waals surface area contributed by atoms with Gasteiger partial charge in [-0.05, 0) is 92.3 Å². The van der Waals surface area contributed by atoms with Gasteiger partial charge >= 0.3 is 0 Å². The summed E-state index contributed by atoms with van der Waals surface area (Å²) in [5, 5.41) is 16.5. The van der Waals surface area contributed by atoms with Crippen LogP contribution in [0.4, 0.5) is 24.5 Å². The Balaban J connectivity index is 1.38. The van der Waals surface area contributed by atoms with Crippen LogP contribution < -0.4 is 10.6 Å². The van der Waals surface area contributed by atoms with E-state index in [1.54, 1.807) is 6.07 Å². The number of hydrogen-bond donors (Lipinski definition) is 3. The Morgan fingerprint density at radius 1 is 1.21 bits per heavy atom. The Bertz CT molecular complexity index is 1060. The third kappa shape index (κ3) is 5.50. The van der Waals surface area contributed by atoms with E-state index in [0.717, 1.165) is 25.6 Å². The number of carbonyl (C=O) groups excluding carboxylic acids is 1. The fourth-order valence-corrected chi connectivity index (χ4v) is 5.05. The Hall–Kier alpha value is -1.89. The lowest BCUT2D eigenvalue weighted by Crippen LogP contribution is -2.67. The second-order valence-corrected chi connectivity index (χ2v) is 10.4. The van der Waals surface area contributed by atoms with E-state index in [0.29, 0.717) is 16.2 Å². The predicted molar refractivity (Wildman–Crippen MR) is 133 cm³/mol. The summed E-state index contributed by atoms with van der Waals surface area (Å²) in [7, 11) is 2.12. The summed E-state index contributed by atoms with van der Waals surface area (Å²) in [5.41, 5.74) is -1.71. The highest BCUT2D eigenvalue weighted by Crippen LogP contribution is 2.31. The molecule has 2 saturated heterocycles. The molecule has 2 fully saturated rings. The molecule has 6 nitrogen and oxygen atoms in total. The summed E-state index contributed by atoms with van der Waals surface area (Å²) >= 11 is 1.94. The molecule has 2 aliphatic rings. The molecule has 4 rings (SSSR count). The van der Waals surface area contributed by atoms with Crippen LogP contribution >= 0.6 is 22.6 Å². The van der Waals surface area contributed by atoms with Crippen LogP contribution in [0.5, 0.6) is 0 Å². The van der Waals surface area contributed by atoms with E-state index in [1.807, 2.05) is 22.6 Å². The third-order valence-electron chi connectivity index (χ3n) is 6.55. The SMILES string of the molecule is CN1CCCC1CCNCC1(O)CN(C(=O)c2ccc(F)c(F)c2Nc2ccc(I)cc2F)C1. The molecule has 34 heavy (non-hydrogen) atoms. The van der Waals surface area contributed by atoms with Crippen molar-refractivity contribution < 1.29 is 23.1 Å². The molecule has 0 aliphatic carbocycles. The number of halogens is 4. The van der Waals surface area contributed by atoms with Crippen LogP contribution in [0.15, 0.2) is 30.3 Å². The number of anilines is 2. The molecule has 1 amide bonds. The highest BCUT2D eigenvalue weighted by molar-refractivity contribution is 14.1. The summed E-state index contributed by atoms with van der Waals surface area (Å²) in [6.45, 7) is 2.35. The molecule has 0 saturated carbocycles. The molecular weight excluding hydrogens is 560 g/mol. The maximum Gasteiger partial charge on any atom is 0.256 e. The number of carbonyl (C=O) groups is 1. The number of nitrogens with zero attached hydrogens (tertiary/aromatic N) is 2. The topological polar surface area (TPSA) is 67.8 Å². The third-order valence-corrected chi connectivity index (χ3v) is 7.22. The minimum Gasteiger partial charge on any atom is -0.385 e. The number of amides is 1. The van der Waals surface area contributed by atoms with Crippen molar-refractivity contribution in [3.8, 4) is 0 Å². The first-order valence-electron chi connectivity index (χ1n) is 11.3. The quantitative estimate of drug-likeness (QED) is 0.324. The maximum atomic E-state index is 14.6. The minimum absolute atomic E-state index is 0.0679. The first-order chi connectivity index (χ1) is 16.2. The smallest absolute Gasteiger partial charge is 0.256 e. The predicted octanol–water partition coefficient (Wildman–Crippen LogP) is 3.71. The molecule has 1 atom stereocenters. The van der Waals surface area contributed by atoms with Crippen molar-refractivity contribution in [3.63, 3.8) is 0 Å². The van der Waals surface area contributed by atoms with Crippen molar-refractivity contribution in [1.29, 1.82) is 0 Å². The monoisotopic (exact) mass is 588 g/mol. The van der Waals surface area contributed by atoms with Crippen molar-refractivity contribution in [3.05, 3.63) is 56.9 Å². The van der Waals surface area contributed by atoms with E-state index in [-0.39, 0.29) is 24.3 Å². The van der Waals surface area contributed by atoms with Gasteiger partial charge in [0.15, 0.2) is 11.6 Å².